The van der Waals surface area contributed by atoms with Crippen molar-refractivity contribution in [3.8, 4) is 0 Å². The first-order chi connectivity index (χ1) is 10.1. The first-order valence-electron chi connectivity index (χ1n) is 6.56. The molecule has 0 radical (unpaired) electrons. The fourth-order valence-corrected chi connectivity index (χ4v) is 2.08. The van der Waals surface area contributed by atoms with Crippen molar-refractivity contribution in [2.24, 2.45) is 0 Å². The molecule has 2 aromatic heterocycles. The van der Waals surface area contributed by atoms with Crippen LogP contribution in [0.25, 0.3) is 10.9 Å². The highest BCUT2D eigenvalue weighted by atomic mass is 16.1. The smallest absolute Gasteiger partial charge is 0.268 e. The van der Waals surface area contributed by atoms with Crippen LogP contribution < -0.4 is 11.1 Å². The van der Waals surface area contributed by atoms with Crippen LogP contribution in [0, 0.1) is 6.92 Å². The second kappa shape index (κ2) is 5.24. The number of aryl methyl sites for hydroxylation is 1. The van der Waals surface area contributed by atoms with Crippen LogP contribution in [0.5, 0.6) is 0 Å². The molecular weight excluding hydrogens is 266 g/mol. The molecule has 6 nitrogen and oxygen atoms in total. The van der Waals surface area contributed by atoms with E-state index in [2.05, 4.69) is 20.3 Å². The molecule has 0 aliphatic rings. The maximum absolute atomic E-state index is 12.1. The lowest BCUT2D eigenvalue weighted by Gasteiger charge is -2.03. The van der Waals surface area contributed by atoms with Crippen LogP contribution in [0.15, 0.2) is 36.7 Å². The molecule has 0 unspecified atom stereocenters. The Balaban J connectivity index is 1.75. The van der Waals surface area contributed by atoms with Crippen LogP contribution in [0.2, 0.25) is 0 Å². The van der Waals surface area contributed by atoms with E-state index in [1.165, 1.54) is 0 Å². The largest absolute Gasteiger partial charge is 0.397 e. The van der Waals surface area contributed by atoms with Gasteiger partial charge in [-0.1, -0.05) is 12.1 Å². The summed E-state index contributed by atoms with van der Waals surface area (Å²) in [6.07, 6.45) is 3.32. The molecule has 0 saturated heterocycles. The highest BCUT2D eigenvalue weighted by Gasteiger charge is 2.10. The molecule has 0 spiro atoms. The summed E-state index contributed by atoms with van der Waals surface area (Å²) in [6.45, 7) is 2.20. The monoisotopic (exact) mass is 281 g/mol. The SMILES string of the molecule is Cc1cnc(CNC(=O)c2cc3cccc(N)c3[nH]2)cn1. The molecule has 0 bridgehead atoms. The van der Waals surface area contributed by atoms with Crippen molar-refractivity contribution in [1.82, 2.24) is 20.3 Å². The highest BCUT2D eigenvalue weighted by Crippen LogP contribution is 2.20. The van der Waals surface area contributed by atoms with E-state index in [4.69, 9.17) is 5.73 Å². The van der Waals surface area contributed by atoms with Gasteiger partial charge in [0.1, 0.15) is 5.69 Å². The normalized spacial score (nSPS) is 10.7. The highest BCUT2D eigenvalue weighted by molar-refractivity contribution is 6.00. The van der Waals surface area contributed by atoms with Gasteiger partial charge >= 0.3 is 0 Å². The Morgan fingerprint density at radius 1 is 1.33 bits per heavy atom. The van der Waals surface area contributed by atoms with Gasteiger partial charge in [-0.15, -0.1) is 0 Å². The zero-order chi connectivity index (χ0) is 14.8. The third-order valence-electron chi connectivity index (χ3n) is 3.20. The van der Waals surface area contributed by atoms with Gasteiger partial charge < -0.3 is 16.0 Å². The number of amides is 1. The van der Waals surface area contributed by atoms with Gasteiger partial charge in [-0.25, -0.2) is 0 Å². The Bertz CT molecular complexity index is 791. The first kappa shape index (κ1) is 13.1. The molecule has 0 fully saturated rings. The number of hydrogen-bond donors (Lipinski definition) is 3. The second-order valence-corrected chi connectivity index (χ2v) is 4.83. The van der Waals surface area contributed by atoms with Crippen molar-refractivity contribution < 1.29 is 4.79 Å². The lowest BCUT2D eigenvalue weighted by Crippen LogP contribution is -2.23. The van der Waals surface area contributed by atoms with Gasteiger partial charge in [0.15, 0.2) is 0 Å². The van der Waals surface area contributed by atoms with Gasteiger partial charge in [-0.05, 0) is 19.1 Å². The molecule has 4 N–H and O–H groups in total. The van der Waals surface area contributed by atoms with Crippen LogP contribution in [0.4, 0.5) is 5.69 Å². The van der Waals surface area contributed by atoms with Crippen molar-refractivity contribution in [3.63, 3.8) is 0 Å². The fraction of sp³-hybridized carbons (Fsp3) is 0.133. The molecule has 3 rings (SSSR count). The van der Waals surface area contributed by atoms with Gasteiger partial charge in [0.2, 0.25) is 0 Å². The van der Waals surface area contributed by atoms with Crippen LogP contribution >= 0.6 is 0 Å². The quantitative estimate of drug-likeness (QED) is 0.637. The van der Waals surface area contributed by atoms with Crippen LogP contribution in [0.1, 0.15) is 21.9 Å². The molecule has 21 heavy (non-hydrogen) atoms. The molecule has 2 heterocycles. The number of fused-ring (bicyclic) bond motifs is 1. The van der Waals surface area contributed by atoms with E-state index >= 15 is 0 Å². The molecule has 1 amide bonds. The standard InChI is InChI=1S/C15H15N5O/c1-9-6-18-11(7-17-9)8-19-15(21)13-5-10-3-2-4-12(16)14(10)20-13/h2-7,20H,8,16H2,1H3,(H,19,21). The van der Waals surface area contributed by atoms with Gasteiger partial charge in [-0.3, -0.25) is 14.8 Å². The summed E-state index contributed by atoms with van der Waals surface area (Å²) in [5.41, 5.74) is 9.30. The zero-order valence-corrected chi connectivity index (χ0v) is 11.6. The Labute approximate surface area is 121 Å². The minimum absolute atomic E-state index is 0.201. The van der Waals surface area contributed by atoms with Gasteiger partial charge in [0.25, 0.3) is 5.91 Å². The number of nitrogens with zero attached hydrogens (tertiary/aromatic N) is 2. The fourth-order valence-electron chi connectivity index (χ4n) is 2.08. The van der Waals surface area contributed by atoms with Gasteiger partial charge in [0, 0.05) is 11.6 Å². The first-order valence-corrected chi connectivity index (χ1v) is 6.56. The number of rotatable bonds is 3. The number of hydrogen-bond acceptors (Lipinski definition) is 4. The van der Waals surface area contributed by atoms with Crippen LogP contribution in [-0.2, 0) is 6.54 Å². The molecule has 1 aromatic carbocycles. The number of carbonyl (C=O) groups excluding carboxylic acids is 1. The molecule has 0 saturated carbocycles. The molecule has 0 aliphatic carbocycles. The van der Waals surface area contributed by atoms with Crippen LogP contribution in [0.3, 0.4) is 0 Å². The zero-order valence-electron chi connectivity index (χ0n) is 11.6. The maximum atomic E-state index is 12.1. The average Bonchev–Trinajstić information content (AvgIpc) is 2.92. The Kier molecular flexibility index (Phi) is 3.27. The van der Waals surface area contributed by atoms with Crippen LogP contribution in [-0.4, -0.2) is 20.9 Å². The predicted octanol–water partition coefficient (Wildman–Crippen LogP) is 1.78. The summed E-state index contributed by atoms with van der Waals surface area (Å²) >= 11 is 0. The summed E-state index contributed by atoms with van der Waals surface area (Å²) in [5.74, 6) is -0.201. The molecular formula is C15H15N5O. The molecule has 106 valence electrons. The number of nitrogens with one attached hydrogen (secondary N) is 2. The molecule has 0 aliphatic heterocycles. The topological polar surface area (TPSA) is 96.7 Å². The summed E-state index contributed by atoms with van der Waals surface area (Å²) in [4.78, 5) is 23.5. The minimum atomic E-state index is -0.201. The van der Waals surface area contributed by atoms with E-state index in [1.807, 2.05) is 19.1 Å². The lowest BCUT2D eigenvalue weighted by molar-refractivity contribution is 0.0946. The second-order valence-electron chi connectivity index (χ2n) is 4.83. The number of anilines is 1. The van der Waals surface area contributed by atoms with Crippen molar-refractivity contribution in [2.75, 3.05) is 5.73 Å². The molecule has 6 heteroatoms. The number of aromatic nitrogens is 3. The average molecular weight is 281 g/mol. The number of aromatic amines is 1. The Morgan fingerprint density at radius 2 is 2.19 bits per heavy atom. The van der Waals surface area contributed by atoms with E-state index in [0.29, 0.717) is 23.6 Å². The number of carbonyl (C=O) groups is 1. The van der Waals surface area contributed by atoms with Crippen molar-refractivity contribution in [3.05, 3.63) is 53.7 Å². The third-order valence-corrected chi connectivity index (χ3v) is 3.20. The van der Waals surface area contributed by atoms with Gasteiger partial charge in [0.05, 0.1) is 35.3 Å². The Morgan fingerprint density at radius 3 is 2.90 bits per heavy atom. The summed E-state index contributed by atoms with van der Waals surface area (Å²) in [7, 11) is 0. The third kappa shape index (κ3) is 2.69. The number of H-pyrrole nitrogens is 1. The van der Waals surface area contributed by atoms with Crippen molar-refractivity contribution in [2.45, 2.75) is 13.5 Å². The molecule has 3 aromatic rings. The van der Waals surface area contributed by atoms with E-state index in [0.717, 1.165) is 16.6 Å². The van der Waals surface area contributed by atoms with E-state index in [1.54, 1.807) is 24.5 Å². The number of nitrogens with two attached hydrogens (primary N) is 1. The van der Waals surface area contributed by atoms with E-state index in [-0.39, 0.29) is 5.91 Å². The van der Waals surface area contributed by atoms with Crippen molar-refractivity contribution >= 4 is 22.5 Å². The van der Waals surface area contributed by atoms with Crippen molar-refractivity contribution in [1.29, 1.82) is 0 Å². The van der Waals surface area contributed by atoms with E-state index in [9.17, 15) is 4.79 Å². The number of nitrogen functional groups attached to an aromatic ring is 1. The maximum Gasteiger partial charge on any atom is 0.268 e. The van der Waals surface area contributed by atoms with Gasteiger partial charge in [-0.2, -0.15) is 0 Å². The Hall–Kier alpha value is -2.89. The van der Waals surface area contributed by atoms with E-state index < -0.39 is 0 Å². The lowest BCUT2D eigenvalue weighted by atomic mass is 10.2. The number of benzene rings is 1. The molecule has 0 atom stereocenters. The number of para-hydroxylation sites is 1. The predicted molar refractivity (Wildman–Crippen MR) is 80.7 cm³/mol. The summed E-state index contributed by atoms with van der Waals surface area (Å²) in [5, 5.41) is 3.71. The minimum Gasteiger partial charge on any atom is -0.397 e. The summed E-state index contributed by atoms with van der Waals surface area (Å²) < 4.78 is 0. The summed E-state index contributed by atoms with van der Waals surface area (Å²) in [6, 6.07) is 7.34.